The molecule has 0 aliphatic heterocycles. The highest BCUT2D eigenvalue weighted by Gasteiger charge is 2.35. The molecule has 1 heterocycles. The molecule has 22 heteroatoms. The highest BCUT2D eigenvalue weighted by atomic mass is 32.2. The number of thiocarbonyl (C=S) groups is 6. The van der Waals surface area contributed by atoms with Crippen LogP contribution in [0.3, 0.4) is 0 Å². The number of methoxy groups -OCH3 is 1. The molecule has 13 aromatic carbocycles. The molecule has 1 aromatic heterocycles. The topological polar surface area (TPSA) is 119 Å². The molecule has 0 bridgehead atoms. The van der Waals surface area contributed by atoms with Gasteiger partial charge in [0.25, 0.3) is 0 Å². The largest absolute Gasteiger partial charge is 0.493 e. The molecule has 0 amide bonds. The monoisotopic (exact) mass is 2220 g/mol. The van der Waals surface area contributed by atoms with E-state index in [1.165, 1.54) is 57.2 Å². The Morgan fingerprint density at radius 1 is 0.320 bits per heavy atom. The van der Waals surface area contributed by atoms with Crippen molar-refractivity contribution in [3.05, 3.63) is 384 Å². The van der Waals surface area contributed by atoms with Crippen LogP contribution in [0.1, 0.15) is 249 Å². The Bertz CT molecular complexity index is 6860. The SMILES string of the molecule is CC(C)(C)C(C)(C)c1ccc(-c2ccccc2)cc1.CC(C)(C)SC(=S)CCOC1=CC(=O)c2ccccc2C1=O.CC(C)(C)SC(=S)CCOc1ccccc1-c1ccccc1.CC(C)(C)SC(=S)CCn1c2ccccc2c2ccccc21.CC(C)(C)SC(=S)c1ccc(C(=O)c2ccccc2)cc1.CC(C)(C)SC(=S)c1ccc(Oc2ccccc2)cc1.COC(=O)c1cc2ccccc2cc1OCCC(=S)SC(C)(C)C. The number of carbonyl (C=O) groups is 4. The Morgan fingerprint density at radius 3 is 1.13 bits per heavy atom. The third kappa shape index (κ3) is 41.8. The fourth-order valence-electron chi connectivity index (χ4n) is 14.8. The number of carbonyl (C=O) groups excluding carboxylic acids is 4. The molecule has 0 saturated heterocycles. The number of aromatic nitrogens is 1. The molecular weight excluding hydrogens is 2080 g/mol. The van der Waals surface area contributed by atoms with Crippen LogP contribution in [0.4, 0.5) is 0 Å². The maximum Gasteiger partial charge on any atom is 0.341 e. The highest BCUT2D eigenvalue weighted by Crippen LogP contribution is 2.43. The highest BCUT2D eigenvalue weighted by molar-refractivity contribution is 8.26. The zero-order chi connectivity index (χ0) is 110. The predicted octanol–water partition coefficient (Wildman–Crippen LogP) is 38.0. The fraction of sp³-hybridized carbons (Fsp3) is 0.312. The molecule has 0 unspecified atom stereocenters. The van der Waals surface area contributed by atoms with E-state index in [0.29, 0.717) is 66.2 Å². The first-order chi connectivity index (χ1) is 70.6. The van der Waals surface area contributed by atoms with Gasteiger partial charge in [-0.3, -0.25) is 14.4 Å². The van der Waals surface area contributed by atoms with Gasteiger partial charge in [0.05, 0.1) is 52.1 Å². The van der Waals surface area contributed by atoms with Crippen molar-refractivity contribution in [2.24, 2.45) is 5.41 Å². The Morgan fingerprint density at radius 2 is 0.673 bits per heavy atom. The van der Waals surface area contributed by atoms with Crippen LogP contribution in [-0.4, -0.2) is 108 Å². The van der Waals surface area contributed by atoms with E-state index in [1.54, 1.807) is 89.1 Å². The van der Waals surface area contributed by atoms with Gasteiger partial charge in [0.15, 0.2) is 17.3 Å². The molecule has 0 radical (unpaired) electrons. The van der Waals surface area contributed by atoms with Crippen LogP contribution in [0.5, 0.6) is 23.0 Å². The normalized spacial score (nSPS) is 12.0. The number of hydrogen-bond acceptors (Lipinski definition) is 21. The summed E-state index contributed by atoms with van der Waals surface area (Å²) in [7, 11) is 1.37. The number of hydrogen-bond donors (Lipinski definition) is 0. The zero-order valence-electron chi connectivity index (χ0n) is 90.9. The van der Waals surface area contributed by atoms with E-state index >= 15 is 0 Å². The molecule has 1 aliphatic rings. The van der Waals surface area contributed by atoms with E-state index < -0.39 is 5.97 Å². The first-order valence-electron chi connectivity index (χ1n) is 50.1. The van der Waals surface area contributed by atoms with Crippen molar-refractivity contribution in [2.75, 3.05) is 26.9 Å². The van der Waals surface area contributed by atoms with Gasteiger partial charge in [0.1, 0.15) is 28.6 Å². The van der Waals surface area contributed by atoms with Crippen LogP contribution in [0.25, 0.3) is 54.8 Å². The number of fused-ring (bicyclic) bond motifs is 5. The van der Waals surface area contributed by atoms with E-state index in [-0.39, 0.29) is 62.4 Å². The van der Waals surface area contributed by atoms with Crippen LogP contribution in [0.2, 0.25) is 0 Å². The molecular formula is C128H143NO9S12. The van der Waals surface area contributed by atoms with Gasteiger partial charge in [-0.15, -0.1) is 70.6 Å². The van der Waals surface area contributed by atoms with E-state index in [1.807, 2.05) is 188 Å². The second kappa shape index (κ2) is 57.8. The second-order valence-electron chi connectivity index (χ2n) is 42.9. The van der Waals surface area contributed by atoms with Gasteiger partial charge in [0.2, 0.25) is 5.78 Å². The summed E-state index contributed by atoms with van der Waals surface area (Å²) in [5.74, 6) is 2.41. The van der Waals surface area contributed by atoms with Gasteiger partial charge in [-0.2, -0.15) is 0 Å². The minimum absolute atomic E-state index is 0.0385. The number of para-hydroxylation sites is 4. The molecule has 0 saturated carbocycles. The zero-order valence-corrected chi connectivity index (χ0v) is 101. The maximum absolute atomic E-state index is 12.3. The smallest absolute Gasteiger partial charge is 0.341 e. The van der Waals surface area contributed by atoms with E-state index in [2.05, 4.69) is 285 Å². The Hall–Kier alpha value is -10.0. The first kappa shape index (κ1) is 123. The number of esters is 1. The van der Waals surface area contributed by atoms with E-state index in [9.17, 15) is 19.2 Å². The molecule has 10 nitrogen and oxygen atoms in total. The Kier molecular flexibility index (Phi) is 47.6. The van der Waals surface area contributed by atoms with E-state index in [0.717, 1.165) is 89.3 Å². The summed E-state index contributed by atoms with van der Waals surface area (Å²) in [5, 5.41) is 4.65. The number of aryl methyl sites for hydroxylation is 1. The molecule has 0 spiro atoms. The maximum atomic E-state index is 12.3. The average Bonchev–Trinajstić information content (AvgIpc) is 1.61. The van der Waals surface area contributed by atoms with Crippen molar-refractivity contribution in [3.63, 3.8) is 0 Å². The number of ketones is 3. The summed E-state index contributed by atoms with van der Waals surface area (Å²) in [4.78, 5) is 48.6. The van der Waals surface area contributed by atoms with Crippen molar-refractivity contribution in [1.82, 2.24) is 4.57 Å². The number of thioether (sulfide) groups is 6. The summed E-state index contributed by atoms with van der Waals surface area (Å²) in [6.07, 6.45) is 4.22. The average molecular weight is 2220 g/mol. The van der Waals surface area contributed by atoms with E-state index in [4.69, 9.17) is 97.0 Å². The minimum atomic E-state index is -0.401. The number of rotatable bonds is 25. The summed E-state index contributed by atoms with van der Waals surface area (Å²) in [5.41, 5.74) is 14.0. The third-order valence-electron chi connectivity index (χ3n) is 22.6. The number of Topliss-reactive ketones (excluding diaryl/α,β-unsaturated/α-hetero) is 1. The lowest BCUT2D eigenvalue weighted by molar-refractivity contribution is 0.0595. The minimum Gasteiger partial charge on any atom is -0.493 e. The molecule has 14 aromatic rings. The number of nitrogens with zero attached hydrogens (tertiary/aromatic N) is 1. The molecule has 150 heavy (non-hydrogen) atoms. The van der Waals surface area contributed by atoms with Crippen molar-refractivity contribution in [2.45, 2.75) is 225 Å². The third-order valence-corrected chi connectivity index (χ3v) is 31.6. The van der Waals surface area contributed by atoms with Gasteiger partial charge < -0.3 is 28.3 Å². The molecule has 0 fully saturated rings. The van der Waals surface area contributed by atoms with Crippen molar-refractivity contribution < 1.29 is 42.9 Å². The predicted molar refractivity (Wildman–Crippen MR) is 677 cm³/mol. The van der Waals surface area contributed by atoms with Crippen molar-refractivity contribution in [3.8, 4) is 45.3 Å². The Balaban J connectivity index is 0.000000194. The second-order valence-corrected chi connectivity index (χ2v) is 58.6. The summed E-state index contributed by atoms with van der Waals surface area (Å²) >= 11 is 42.8. The fourth-order valence-corrected chi connectivity index (χ4v) is 25.0. The molecule has 0 atom stereocenters. The quantitative estimate of drug-likeness (QED) is 0.0306. The lowest BCUT2D eigenvalue weighted by atomic mass is 9.65. The first-order valence-corrected chi connectivity index (χ1v) is 57.5. The number of ether oxygens (including phenoxy) is 5. The molecule has 786 valence electrons. The van der Waals surface area contributed by atoms with Crippen LogP contribution in [0, 0.1) is 5.41 Å². The molecule has 0 N–H and O–H groups in total. The lowest BCUT2D eigenvalue weighted by Gasteiger charge is -2.39. The van der Waals surface area contributed by atoms with Gasteiger partial charge in [-0.25, -0.2) is 4.79 Å². The van der Waals surface area contributed by atoms with Crippen LogP contribution < -0.4 is 14.2 Å². The van der Waals surface area contributed by atoms with Gasteiger partial charge in [0, 0.05) is 116 Å². The van der Waals surface area contributed by atoms with Gasteiger partial charge in [-0.05, 0) is 122 Å². The summed E-state index contributed by atoms with van der Waals surface area (Å²) in [6, 6.07) is 108. The molecule has 1 aliphatic carbocycles. The summed E-state index contributed by atoms with van der Waals surface area (Å²) in [6.45, 7) is 52.6. The van der Waals surface area contributed by atoms with Crippen molar-refractivity contribution in [1.29, 1.82) is 0 Å². The van der Waals surface area contributed by atoms with Crippen LogP contribution in [-0.2, 0) is 21.4 Å². The van der Waals surface area contributed by atoms with Crippen LogP contribution in [0.15, 0.2) is 339 Å². The summed E-state index contributed by atoms with van der Waals surface area (Å²) < 4.78 is 36.7. The molecule has 15 rings (SSSR count). The van der Waals surface area contributed by atoms with Gasteiger partial charge >= 0.3 is 5.97 Å². The Labute approximate surface area is 950 Å². The van der Waals surface area contributed by atoms with Gasteiger partial charge in [-0.1, -0.05) is 493 Å². The van der Waals surface area contributed by atoms with Crippen molar-refractivity contribution >= 4 is 225 Å². The number of benzene rings is 13. The lowest BCUT2D eigenvalue weighted by Crippen LogP contribution is -2.33. The van der Waals surface area contributed by atoms with Crippen LogP contribution >= 0.6 is 144 Å². The standard InChI is InChI=1S/C19H21NS2.C19H22O3S2.C19H22OS2.C19H24.C18H18OS2.C17H18O3S2.C17H18OS2/c1-19(2,3)22-18(21)12-13-20-16-10-6-4-8-14(16)15-9-5-7-11-17(15)20;1-19(2,3)24-17(23)9-10-22-16-12-14-8-6-5-7-13(14)11-15(16)18(20)21-4;1-19(2,3)22-18(21)13-14-20-17-12-8-7-11-16(17)15-9-5-4-6-10-15;1-18(2,3)19(4,5)17-13-11-16(12-14-17)15-9-7-6-8-10-15;1-18(2,3)21-17(20)15-11-9-14(10-12-15)16(19)13-7-5-4-6-8-13;1-17(2,3)22-15(21)8-9-20-14-10-13(18)11-6-4-5-7-12(11)16(14)19;1-17(2,3)20-16(19)13-9-11-15(12-10-13)18-14-7-5-4-6-8-14/h4-11H,12-13H2,1-3H3;5-8,11-12H,9-10H2,1-4H3;4-12H,13-14H2,1-3H3;6-14H,1-5H3;4-12H,1-3H3;4-7,10H,8-9H2,1-3H3;4-12H,1-3H3. The number of allylic oxidation sites excluding steroid dienone is 2.